The molecule has 0 aliphatic carbocycles. The summed E-state index contributed by atoms with van der Waals surface area (Å²) in [6.07, 6.45) is 4.30. The van der Waals surface area contributed by atoms with Gasteiger partial charge in [-0.05, 0) is 37.1 Å². The van der Waals surface area contributed by atoms with Crippen molar-refractivity contribution in [3.05, 3.63) is 29.6 Å². The lowest BCUT2D eigenvalue weighted by molar-refractivity contribution is 0.0699. The SMILES string of the molecule is CCCc1nc2c(C(=O)O)cccc2n1C1CCCSC1. The average molecular weight is 304 g/mol. The lowest BCUT2D eigenvalue weighted by Crippen LogP contribution is -2.18. The number of carboxylic acids is 1. The van der Waals surface area contributed by atoms with Crippen molar-refractivity contribution in [2.75, 3.05) is 11.5 Å². The Bertz CT molecular complexity index is 660. The van der Waals surface area contributed by atoms with Crippen molar-refractivity contribution in [1.29, 1.82) is 0 Å². The number of nitrogens with zero attached hydrogens (tertiary/aromatic N) is 2. The molecule has 1 aromatic carbocycles. The molecule has 3 rings (SSSR count). The molecule has 1 unspecified atom stereocenters. The Morgan fingerprint density at radius 2 is 2.38 bits per heavy atom. The van der Waals surface area contributed by atoms with E-state index in [0.717, 1.165) is 36.4 Å². The number of rotatable bonds is 4. The third-order valence-electron chi connectivity index (χ3n) is 4.00. The molecule has 112 valence electrons. The normalized spacial score (nSPS) is 19.0. The van der Waals surface area contributed by atoms with E-state index >= 15 is 0 Å². The number of hydrogen-bond acceptors (Lipinski definition) is 3. The number of carboxylic acid groups (broad SMARTS) is 1. The lowest BCUT2D eigenvalue weighted by atomic mass is 10.1. The van der Waals surface area contributed by atoms with Crippen molar-refractivity contribution in [2.45, 2.75) is 38.6 Å². The van der Waals surface area contributed by atoms with Gasteiger partial charge in [-0.25, -0.2) is 9.78 Å². The fourth-order valence-electron chi connectivity index (χ4n) is 3.07. The van der Waals surface area contributed by atoms with Crippen LogP contribution in [-0.2, 0) is 6.42 Å². The van der Waals surface area contributed by atoms with E-state index in [-0.39, 0.29) is 0 Å². The summed E-state index contributed by atoms with van der Waals surface area (Å²) in [7, 11) is 0. The number of aromatic nitrogens is 2. The Morgan fingerprint density at radius 3 is 3.05 bits per heavy atom. The van der Waals surface area contributed by atoms with Gasteiger partial charge in [0.15, 0.2) is 0 Å². The molecule has 0 radical (unpaired) electrons. The van der Waals surface area contributed by atoms with Gasteiger partial charge >= 0.3 is 5.97 Å². The van der Waals surface area contributed by atoms with Crippen molar-refractivity contribution in [3.8, 4) is 0 Å². The molecule has 0 bridgehead atoms. The van der Waals surface area contributed by atoms with Crippen molar-refractivity contribution in [3.63, 3.8) is 0 Å². The Hall–Kier alpha value is -1.49. The largest absolute Gasteiger partial charge is 0.478 e. The summed E-state index contributed by atoms with van der Waals surface area (Å²) in [4.78, 5) is 16.1. The zero-order valence-corrected chi connectivity index (χ0v) is 13.0. The summed E-state index contributed by atoms with van der Waals surface area (Å²) in [5.41, 5.74) is 1.93. The molecule has 1 aromatic heterocycles. The maximum Gasteiger partial charge on any atom is 0.337 e. The van der Waals surface area contributed by atoms with Crippen LogP contribution in [0.1, 0.15) is 48.4 Å². The highest BCUT2D eigenvalue weighted by molar-refractivity contribution is 7.99. The molecule has 1 fully saturated rings. The van der Waals surface area contributed by atoms with Crippen LogP contribution in [0.25, 0.3) is 11.0 Å². The van der Waals surface area contributed by atoms with E-state index in [1.165, 1.54) is 12.2 Å². The van der Waals surface area contributed by atoms with Crippen LogP contribution in [0.5, 0.6) is 0 Å². The van der Waals surface area contributed by atoms with E-state index in [1.54, 1.807) is 6.07 Å². The highest BCUT2D eigenvalue weighted by Gasteiger charge is 2.23. The Morgan fingerprint density at radius 1 is 1.52 bits per heavy atom. The number of imidazole rings is 1. The monoisotopic (exact) mass is 304 g/mol. The standard InChI is InChI=1S/C16H20N2O2S/c1-2-5-14-17-15-12(16(19)20)7-3-8-13(15)18(14)11-6-4-9-21-10-11/h3,7-8,11H,2,4-6,9-10H2,1H3,(H,19,20). The first-order valence-electron chi connectivity index (χ1n) is 7.53. The molecule has 1 aliphatic rings. The summed E-state index contributed by atoms with van der Waals surface area (Å²) >= 11 is 1.98. The molecule has 1 aliphatic heterocycles. The van der Waals surface area contributed by atoms with Crippen molar-refractivity contribution < 1.29 is 9.90 Å². The molecular weight excluding hydrogens is 284 g/mol. The predicted octanol–water partition coefficient (Wildman–Crippen LogP) is 3.76. The number of thioether (sulfide) groups is 1. The molecule has 1 saturated heterocycles. The smallest absolute Gasteiger partial charge is 0.337 e. The van der Waals surface area contributed by atoms with E-state index in [2.05, 4.69) is 16.5 Å². The molecule has 4 nitrogen and oxygen atoms in total. The highest BCUT2D eigenvalue weighted by Crippen LogP contribution is 2.32. The van der Waals surface area contributed by atoms with Gasteiger partial charge in [0.25, 0.3) is 0 Å². The summed E-state index contributed by atoms with van der Waals surface area (Å²) in [6, 6.07) is 5.93. The Labute approximate surface area is 128 Å². The van der Waals surface area contributed by atoms with Crippen LogP contribution in [0.2, 0.25) is 0 Å². The first-order valence-corrected chi connectivity index (χ1v) is 8.68. The number of para-hydroxylation sites is 1. The predicted molar refractivity (Wildman–Crippen MR) is 86.3 cm³/mol. The lowest BCUT2D eigenvalue weighted by Gasteiger charge is -2.25. The minimum Gasteiger partial charge on any atom is -0.478 e. The van der Waals surface area contributed by atoms with Gasteiger partial charge in [-0.3, -0.25) is 0 Å². The third-order valence-corrected chi connectivity index (χ3v) is 5.20. The first-order chi connectivity index (χ1) is 10.2. The molecule has 21 heavy (non-hydrogen) atoms. The summed E-state index contributed by atoms with van der Waals surface area (Å²) < 4.78 is 2.30. The van der Waals surface area contributed by atoms with Gasteiger partial charge in [0.05, 0.1) is 11.1 Å². The van der Waals surface area contributed by atoms with E-state index in [4.69, 9.17) is 0 Å². The molecule has 2 aromatic rings. The molecule has 0 spiro atoms. The Kier molecular flexibility index (Phi) is 4.19. The minimum atomic E-state index is -0.897. The maximum absolute atomic E-state index is 11.4. The molecule has 2 heterocycles. The van der Waals surface area contributed by atoms with Crippen LogP contribution in [0.15, 0.2) is 18.2 Å². The summed E-state index contributed by atoms with van der Waals surface area (Å²) in [5.74, 6) is 2.46. The first kappa shape index (κ1) is 14.4. The fourth-order valence-corrected chi connectivity index (χ4v) is 4.20. The third kappa shape index (κ3) is 2.67. The number of carbonyl (C=O) groups is 1. The second kappa shape index (κ2) is 6.10. The van der Waals surface area contributed by atoms with Gasteiger partial charge in [-0.1, -0.05) is 13.0 Å². The molecule has 1 atom stereocenters. The van der Waals surface area contributed by atoms with Crippen LogP contribution in [0, 0.1) is 0 Å². The topological polar surface area (TPSA) is 55.1 Å². The number of aromatic carboxylic acids is 1. The van der Waals surface area contributed by atoms with E-state index < -0.39 is 5.97 Å². The van der Waals surface area contributed by atoms with Crippen molar-refractivity contribution in [2.24, 2.45) is 0 Å². The van der Waals surface area contributed by atoms with Gasteiger partial charge in [-0.15, -0.1) is 0 Å². The van der Waals surface area contributed by atoms with E-state index in [9.17, 15) is 9.90 Å². The van der Waals surface area contributed by atoms with Crippen molar-refractivity contribution >= 4 is 28.8 Å². The molecule has 1 N–H and O–H groups in total. The van der Waals surface area contributed by atoms with Crippen LogP contribution < -0.4 is 0 Å². The van der Waals surface area contributed by atoms with Gasteiger partial charge < -0.3 is 9.67 Å². The average Bonchev–Trinajstić information content (AvgIpc) is 2.86. The van der Waals surface area contributed by atoms with Crippen molar-refractivity contribution in [1.82, 2.24) is 9.55 Å². The van der Waals surface area contributed by atoms with Gasteiger partial charge in [0.1, 0.15) is 11.3 Å². The number of aryl methyl sites for hydroxylation is 1. The zero-order chi connectivity index (χ0) is 14.8. The number of hydrogen-bond donors (Lipinski definition) is 1. The minimum absolute atomic E-state index is 0.312. The molecule has 0 amide bonds. The highest BCUT2D eigenvalue weighted by atomic mass is 32.2. The summed E-state index contributed by atoms with van der Waals surface area (Å²) in [6.45, 7) is 2.14. The second-order valence-electron chi connectivity index (χ2n) is 5.50. The van der Waals surface area contributed by atoms with Crippen LogP contribution >= 0.6 is 11.8 Å². The van der Waals surface area contributed by atoms with Gasteiger partial charge in [0.2, 0.25) is 0 Å². The van der Waals surface area contributed by atoms with Crippen LogP contribution in [0.3, 0.4) is 0 Å². The summed E-state index contributed by atoms with van der Waals surface area (Å²) in [5, 5.41) is 9.37. The van der Waals surface area contributed by atoms with Gasteiger partial charge in [-0.2, -0.15) is 11.8 Å². The maximum atomic E-state index is 11.4. The number of fused-ring (bicyclic) bond motifs is 1. The molecule has 0 saturated carbocycles. The molecule has 5 heteroatoms. The zero-order valence-electron chi connectivity index (χ0n) is 12.2. The van der Waals surface area contributed by atoms with Crippen LogP contribution in [-0.4, -0.2) is 32.1 Å². The second-order valence-corrected chi connectivity index (χ2v) is 6.65. The fraction of sp³-hybridized carbons (Fsp3) is 0.500. The Balaban J connectivity index is 2.17. The molecular formula is C16H20N2O2S. The van der Waals surface area contributed by atoms with E-state index in [0.29, 0.717) is 17.1 Å². The van der Waals surface area contributed by atoms with Crippen LogP contribution in [0.4, 0.5) is 0 Å². The van der Waals surface area contributed by atoms with Gasteiger partial charge in [0, 0.05) is 18.2 Å². The van der Waals surface area contributed by atoms with E-state index in [1.807, 2.05) is 23.9 Å². The number of benzene rings is 1. The quantitative estimate of drug-likeness (QED) is 0.934.